The van der Waals surface area contributed by atoms with Gasteiger partial charge in [-0.25, -0.2) is 4.79 Å². The average Bonchev–Trinajstić information content (AvgIpc) is 2.82. The molecular formula is C14H15NO3. The van der Waals surface area contributed by atoms with Crippen LogP contribution in [0.5, 0.6) is 0 Å². The second-order valence-corrected chi connectivity index (χ2v) is 5.33. The van der Waals surface area contributed by atoms with Gasteiger partial charge in [0.15, 0.2) is 0 Å². The standard InChI is InChI=1S/C14H15NO3/c1-8-2-3-9-4-5-14(10(9)6-8)7-11(16)15-12(14)13(17)18/h2-3,6,12H,4-5,7H2,1H3,(H,15,16)(H,17,18). The number of benzene rings is 1. The topological polar surface area (TPSA) is 66.4 Å². The maximum Gasteiger partial charge on any atom is 0.327 e. The Bertz CT molecular complexity index is 552. The Balaban J connectivity index is 2.15. The van der Waals surface area contributed by atoms with Crippen LogP contribution in [-0.4, -0.2) is 23.0 Å². The van der Waals surface area contributed by atoms with Crippen molar-refractivity contribution in [2.45, 2.75) is 37.6 Å². The van der Waals surface area contributed by atoms with E-state index in [1.165, 1.54) is 5.56 Å². The SMILES string of the molecule is Cc1ccc2c(c1)C1(CC2)CC(=O)NC1C(=O)O. The first-order valence-corrected chi connectivity index (χ1v) is 6.15. The summed E-state index contributed by atoms with van der Waals surface area (Å²) in [5, 5.41) is 11.9. The predicted molar refractivity (Wildman–Crippen MR) is 65.4 cm³/mol. The second-order valence-electron chi connectivity index (χ2n) is 5.33. The lowest BCUT2D eigenvalue weighted by Crippen LogP contribution is -2.45. The van der Waals surface area contributed by atoms with E-state index in [4.69, 9.17) is 0 Å². The van der Waals surface area contributed by atoms with E-state index >= 15 is 0 Å². The smallest absolute Gasteiger partial charge is 0.327 e. The quantitative estimate of drug-likeness (QED) is 0.780. The zero-order valence-electron chi connectivity index (χ0n) is 10.2. The summed E-state index contributed by atoms with van der Waals surface area (Å²) in [4.78, 5) is 23.0. The summed E-state index contributed by atoms with van der Waals surface area (Å²) >= 11 is 0. The Morgan fingerprint density at radius 2 is 2.28 bits per heavy atom. The molecule has 0 saturated carbocycles. The van der Waals surface area contributed by atoms with E-state index in [1.807, 2.05) is 19.1 Å². The van der Waals surface area contributed by atoms with Crippen LogP contribution in [0.4, 0.5) is 0 Å². The van der Waals surface area contributed by atoms with Gasteiger partial charge in [0.2, 0.25) is 5.91 Å². The second kappa shape index (κ2) is 3.57. The van der Waals surface area contributed by atoms with Crippen molar-refractivity contribution in [2.75, 3.05) is 0 Å². The van der Waals surface area contributed by atoms with Crippen LogP contribution < -0.4 is 5.32 Å². The largest absolute Gasteiger partial charge is 0.480 e. The molecule has 0 bridgehead atoms. The minimum absolute atomic E-state index is 0.156. The molecule has 2 aliphatic rings. The van der Waals surface area contributed by atoms with Crippen LogP contribution >= 0.6 is 0 Å². The summed E-state index contributed by atoms with van der Waals surface area (Å²) in [6.45, 7) is 1.99. The minimum atomic E-state index is -0.935. The minimum Gasteiger partial charge on any atom is -0.480 e. The van der Waals surface area contributed by atoms with E-state index < -0.39 is 17.4 Å². The first kappa shape index (κ1) is 11.3. The fraction of sp³-hybridized carbons (Fsp3) is 0.429. The number of hydrogen-bond donors (Lipinski definition) is 2. The van der Waals surface area contributed by atoms with Gasteiger partial charge in [0, 0.05) is 11.8 Å². The van der Waals surface area contributed by atoms with Gasteiger partial charge in [0.1, 0.15) is 6.04 Å². The molecule has 1 amide bonds. The first-order chi connectivity index (χ1) is 8.53. The highest BCUT2D eigenvalue weighted by Gasteiger charge is 2.54. The molecule has 4 heteroatoms. The molecule has 2 unspecified atom stereocenters. The zero-order valence-corrected chi connectivity index (χ0v) is 10.2. The van der Waals surface area contributed by atoms with Crippen molar-refractivity contribution in [3.8, 4) is 0 Å². The summed E-state index contributed by atoms with van der Waals surface area (Å²) in [6.07, 6.45) is 1.89. The number of carboxylic acids is 1. The molecule has 0 radical (unpaired) electrons. The highest BCUT2D eigenvalue weighted by Crippen LogP contribution is 2.47. The van der Waals surface area contributed by atoms with Crippen LogP contribution in [0.3, 0.4) is 0 Å². The third kappa shape index (κ3) is 1.38. The number of aliphatic carboxylic acids is 1. The third-order valence-electron chi connectivity index (χ3n) is 4.22. The van der Waals surface area contributed by atoms with E-state index in [9.17, 15) is 14.7 Å². The first-order valence-electron chi connectivity index (χ1n) is 6.15. The molecule has 1 saturated heterocycles. The number of aryl methyl sites for hydroxylation is 2. The van der Waals surface area contributed by atoms with E-state index in [1.54, 1.807) is 0 Å². The fourth-order valence-corrected chi connectivity index (χ4v) is 3.38. The molecule has 94 valence electrons. The molecule has 4 nitrogen and oxygen atoms in total. The normalized spacial score (nSPS) is 29.4. The molecule has 2 N–H and O–H groups in total. The number of carbonyl (C=O) groups excluding carboxylic acids is 1. The van der Waals surface area contributed by atoms with Crippen molar-refractivity contribution in [3.63, 3.8) is 0 Å². The van der Waals surface area contributed by atoms with Crippen molar-refractivity contribution in [2.24, 2.45) is 0 Å². The van der Waals surface area contributed by atoms with Gasteiger partial charge < -0.3 is 10.4 Å². The Labute approximate surface area is 105 Å². The van der Waals surface area contributed by atoms with E-state index in [0.717, 1.165) is 24.0 Å². The number of carboxylic acid groups (broad SMARTS) is 1. The molecule has 2 atom stereocenters. The molecule has 1 aliphatic heterocycles. The van der Waals surface area contributed by atoms with Crippen LogP contribution in [-0.2, 0) is 21.4 Å². The predicted octanol–water partition coefficient (Wildman–Crippen LogP) is 1.15. The molecule has 1 aliphatic carbocycles. The summed E-state index contributed by atoms with van der Waals surface area (Å²) in [6, 6.07) is 5.35. The Hall–Kier alpha value is -1.84. The van der Waals surface area contributed by atoms with Crippen molar-refractivity contribution in [1.82, 2.24) is 5.32 Å². The van der Waals surface area contributed by atoms with Crippen LogP contribution in [0, 0.1) is 6.92 Å². The van der Waals surface area contributed by atoms with Crippen molar-refractivity contribution in [1.29, 1.82) is 0 Å². The Kier molecular flexibility index (Phi) is 2.24. The van der Waals surface area contributed by atoms with Crippen molar-refractivity contribution >= 4 is 11.9 Å². The van der Waals surface area contributed by atoms with Gasteiger partial charge in [-0.2, -0.15) is 0 Å². The number of amides is 1. The van der Waals surface area contributed by atoms with Crippen LogP contribution in [0.1, 0.15) is 29.5 Å². The van der Waals surface area contributed by atoms with Crippen LogP contribution in [0.2, 0.25) is 0 Å². The molecule has 0 aromatic heterocycles. The summed E-state index contributed by atoms with van der Waals surface area (Å²) in [7, 11) is 0. The number of nitrogens with one attached hydrogen (secondary N) is 1. The monoisotopic (exact) mass is 245 g/mol. The lowest BCUT2D eigenvalue weighted by molar-refractivity contribution is -0.141. The van der Waals surface area contributed by atoms with E-state index in [2.05, 4.69) is 11.4 Å². The van der Waals surface area contributed by atoms with E-state index in [0.29, 0.717) is 6.42 Å². The molecular weight excluding hydrogens is 230 g/mol. The zero-order chi connectivity index (χ0) is 12.9. The average molecular weight is 245 g/mol. The molecule has 1 aromatic carbocycles. The number of fused-ring (bicyclic) bond motifs is 2. The fourth-order valence-electron chi connectivity index (χ4n) is 3.38. The Morgan fingerprint density at radius 1 is 1.50 bits per heavy atom. The lowest BCUT2D eigenvalue weighted by Gasteiger charge is -2.28. The molecule has 1 heterocycles. The van der Waals surface area contributed by atoms with Gasteiger partial charge in [-0.3, -0.25) is 4.79 Å². The highest BCUT2D eigenvalue weighted by atomic mass is 16.4. The number of carbonyl (C=O) groups is 2. The van der Waals surface area contributed by atoms with Gasteiger partial charge in [-0.1, -0.05) is 23.8 Å². The van der Waals surface area contributed by atoms with Gasteiger partial charge in [-0.15, -0.1) is 0 Å². The van der Waals surface area contributed by atoms with Gasteiger partial charge in [0.05, 0.1) is 0 Å². The highest BCUT2D eigenvalue weighted by molar-refractivity contribution is 5.91. The summed E-state index contributed by atoms with van der Waals surface area (Å²) in [5.74, 6) is -1.09. The maximum absolute atomic E-state index is 11.6. The summed E-state index contributed by atoms with van der Waals surface area (Å²) < 4.78 is 0. The van der Waals surface area contributed by atoms with Crippen molar-refractivity contribution in [3.05, 3.63) is 34.9 Å². The number of rotatable bonds is 1. The third-order valence-corrected chi connectivity index (χ3v) is 4.22. The molecule has 18 heavy (non-hydrogen) atoms. The Morgan fingerprint density at radius 3 is 3.00 bits per heavy atom. The van der Waals surface area contributed by atoms with Crippen LogP contribution in [0.25, 0.3) is 0 Å². The lowest BCUT2D eigenvalue weighted by atomic mass is 9.75. The van der Waals surface area contributed by atoms with E-state index in [-0.39, 0.29) is 5.91 Å². The van der Waals surface area contributed by atoms with Gasteiger partial charge >= 0.3 is 5.97 Å². The molecule has 1 aromatic rings. The van der Waals surface area contributed by atoms with Gasteiger partial charge in [0.25, 0.3) is 0 Å². The van der Waals surface area contributed by atoms with Crippen molar-refractivity contribution < 1.29 is 14.7 Å². The molecule has 1 fully saturated rings. The maximum atomic E-state index is 11.6. The van der Waals surface area contributed by atoms with Gasteiger partial charge in [-0.05, 0) is 30.9 Å². The number of hydrogen-bond acceptors (Lipinski definition) is 2. The molecule has 3 rings (SSSR count). The summed E-state index contributed by atoms with van der Waals surface area (Å²) in [5.41, 5.74) is 2.81. The van der Waals surface area contributed by atoms with Crippen LogP contribution in [0.15, 0.2) is 18.2 Å². The molecule has 1 spiro atoms.